The molecule has 2 heterocycles. The van der Waals surface area contributed by atoms with Crippen LogP contribution in [0.4, 0.5) is 5.82 Å². The molecule has 2 aromatic rings. The second kappa shape index (κ2) is 9.01. The second-order valence-electron chi connectivity index (χ2n) is 9.45. The van der Waals surface area contributed by atoms with Crippen molar-refractivity contribution in [1.82, 2.24) is 24.4 Å². The van der Waals surface area contributed by atoms with Gasteiger partial charge in [0.2, 0.25) is 5.91 Å². The second-order valence-corrected chi connectivity index (χ2v) is 9.45. The zero-order valence-electron chi connectivity index (χ0n) is 18.5. The molecule has 0 saturated heterocycles. The van der Waals surface area contributed by atoms with Crippen LogP contribution in [-0.4, -0.2) is 65.7 Å². The van der Waals surface area contributed by atoms with Crippen molar-refractivity contribution in [2.75, 3.05) is 12.8 Å². The number of imidazole rings is 1. The average Bonchev–Trinajstić information content (AvgIpc) is 3.33. The molecular weight excluding hydrogens is 412 g/mol. The molecule has 2 aromatic heterocycles. The molecule has 0 spiro atoms. The Morgan fingerprint density at radius 3 is 2.59 bits per heavy atom. The Morgan fingerprint density at radius 1 is 1.16 bits per heavy atom. The number of carboxylic acids is 1. The smallest absolute Gasteiger partial charge is 0.303 e. The summed E-state index contributed by atoms with van der Waals surface area (Å²) >= 11 is 0. The minimum atomic E-state index is -0.856. The molecule has 0 unspecified atom stereocenters. The number of likely N-dealkylation sites (N-methyl/N-ethyl adjacent to an activating group) is 1. The van der Waals surface area contributed by atoms with Crippen LogP contribution in [0.25, 0.3) is 11.2 Å². The van der Waals surface area contributed by atoms with Gasteiger partial charge in [-0.1, -0.05) is 25.7 Å². The molecule has 32 heavy (non-hydrogen) atoms. The fourth-order valence-corrected chi connectivity index (χ4v) is 5.64. The number of hydrogen-bond donors (Lipinski definition) is 3. The number of aliphatic hydroxyl groups excluding tert-OH is 1. The summed E-state index contributed by atoms with van der Waals surface area (Å²) in [5.41, 5.74) is 6.52. The van der Waals surface area contributed by atoms with Gasteiger partial charge in [-0.2, -0.15) is 0 Å². The van der Waals surface area contributed by atoms with Crippen LogP contribution in [-0.2, 0) is 9.59 Å². The van der Waals surface area contributed by atoms with Crippen LogP contribution >= 0.6 is 0 Å². The summed E-state index contributed by atoms with van der Waals surface area (Å²) in [5.74, 6) is -0.661. The third-order valence-electron chi connectivity index (χ3n) is 7.39. The summed E-state index contributed by atoms with van der Waals surface area (Å²) in [5, 5.41) is 20.8. The van der Waals surface area contributed by atoms with E-state index in [1.54, 1.807) is 18.3 Å². The lowest BCUT2D eigenvalue weighted by molar-refractivity contribution is -0.142. The van der Waals surface area contributed by atoms with E-state index >= 15 is 0 Å². The van der Waals surface area contributed by atoms with Crippen molar-refractivity contribution < 1.29 is 19.8 Å². The molecule has 4 N–H and O–H groups in total. The van der Waals surface area contributed by atoms with Gasteiger partial charge in [-0.05, 0) is 31.1 Å². The highest BCUT2D eigenvalue weighted by Gasteiger charge is 2.41. The predicted octanol–water partition coefficient (Wildman–Crippen LogP) is 2.14. The van der Waals surface area contributed by atoms with Gasteiger partial charge >= 0.3 is 5.97 Å². The number of aromatic nitrogens is 4. The molecule has 0 aliphatic heterocycles. The number of rotatable bonds is 6. The molecular formula is C22H32N6O4. The third-order valence-corrected chi connectivity index (χ3v) is 7.39. The van der Waals surface area contributed by atoms with Crippen molar-refractivity contribution in [3.05, 3.63) is 12.7 Å². The highest BCUT2D eigenvalue weighted by molar-refractivity contribution is 5.81. The van der Waals surface area contributed by atoms with Crippen molar-refractivity contribution in [3.63, 3.8) is 0 Å². The standard InChI is InChI=1S/C22H32N6O4/c1-27(16(29)10-22(11-17(30)31)8-4-5-9-22)14-6-2-3-7-15(19(14)32)28-13-26-18-20(23)24-12-25-21(18)28/h12-15,19,32H,2-11H2,1H3,(H,30,31)(H2,23,24,25)/t14-,15+,19+/m0/s1. The fourth-order valence-electron chi connectivity index (χ4n) is 5.64. The number of anilines is 1. The molecule has 2 aliphatic rings. The van der Waals surface area contributed by atoms with Crippen molar-refractivity contribution in [1.29, 1.82) is 0 Å². The molecule has 2 fully saturated rings. The molecule has 10 heteroatoms. The van der Waals surface area contributed by atoms with Crippen molar-refractivity contribution in [2.24, 2.45) is 5.41 Å². The number of nitrogen functional groups attached to an aromatic ring is 1. The third kappa shape index (κ3) is 4.28. The first kappa shape index (κ1) is 22.4. The maximum absolute atomic E-state index is 13.3. The van der Waals surface area contributed by atoms with E-state index in [2.05, 4.69) is 15.0 Å². The predicted molar refractivity (Wildman–Crippen MR) is 118 cm³/mol. The lowest BCUT2D eigenvalue weighted by Gasteiger charge is -2.37. The lowest BCUT2D eigenvalue weighted by atomic mass is 9.79. The van der Waals surface area contributed by atoms with E-state index in [1.165, 1.54) is 6.33 Å². The van der Waals surface area contributed by atoms with E-state index in [1.807, 2.05) is 4.57 Å². The molecule has 0 bridgehead atoms. The maximum atomic E-state index is 13.3. The monoisotopic (exact) mass is 444 g/mol. The number of nitrogens with zero attached hydrogens (tertiary/aromatic N) is 5. The van der Waals surface area contributed by atoms with Crippen molar-refractivity contribution >= 4 is 28.9 Å². The van der Waals surface area contributed by atoms with Gasteiger partial charge in [-0.15, -0.1) is 0 Å². The first-order valence-corrected chi connectivity index (χ1v) is 11.4. The number of carbonyl (C=O) groups is 2. The Kier molecular flexibility index (Phi) is 6.32. The number of hydrogen-bond acceptors (Lipinski definition) is 7. The average molecular weight is 445 g/mol. The lowest BCUT2D eigenvalue weighted by Crippen LogP contribution is -2.48. The minimum absolute atomic E-state index is 0.0184. The Labute approximate surface area is 186 Å². The number of aliphatic carboxylic acids is 1. The van der Waals surface area contributed by atoms with Gasteiger partial charge in [-0.3, -0.25) is 9.59 Å². The number of fused-ring (bicyclic) bond motifs is 1. The summed E-state index contributed by atoms with van der Waals surface area (Å²) in [7, 11) is 1.73. The summed E-state index contributed by atoms with van der Waals surface area (Å²) in [4.78, 5) is 39.0. The van der Waals surface area contributed by atoms with E-state index in [4.69, 9.17) is 5.73 Å². The van der Waals surface area contributed by atoms with Crippen LogP contribution in [0.15, 0.2) is 12.7 Å². The molecule has 0 radical (unpaired) electrons. The summed E-state index contributed by atoms with van der Waals surface area (Å²) in [6.45, 7) is 0. The first-order valence-electron chi connectivity index (χ1n) is 11.4. The van der Waals surface area contributed by atoms with Crippen LogP contribution in [0.2, 0.25) is 0 Å². The van der Waals surface area contributed by atoms with Gasteiger partial charge in [0.1, 0.15) is 11.8 Å². The van der Waals surface area contributed by atoms with E-state index in [0.717, 1.165) is 44.9 Å². The largest absolute Gasteiger partial charge is 0.481 e. The Hall–Kier alpha value is -2.75. The van der Waals surface area contributed by atoms with Gasteiger partial charge < -0.3 is 25.4 Å². The van der Waals surface area contributed by atoms with Crippen molar-refractivity contribution in [2.45, 2.75) is 82.4 Å². The topological polar surface area (TPSA) is 147 Å². The van der Waals surface area contributed by atoms with Gasteiger partial charge in [-0.25, -0.2) is 15.0 Å². The highest BCUT2D eigenvalue weighted by atomic mass is 16.4. The van der Waals surface area contributed by atoms with Gasteiger partial charge in [0.15, 0.2) is 11.5 Å². The molecule has 0 aromatic carbocycles. The maximum Gasteiger partial charge on any atom is 0.303 e. The van der Waals surface area contributed by atoms with Gasteiger partial charge in [0, 0.05) is 13.5 Å². The summed E-state index contributed by atoms with van der Waals surface area (Å²) in [6.07, 6.45) is 9.09. The number of carboxylic acid groups (broad SMARTS) is 1. The quantitative estimate of drug-likeness (QED) is 0.574. The minimum Gasteiger partial charge on any atom is -0.481 e. The molecule has 10 nitrogen and oxygen atoms in total. The molecule has 3 atom stereocenters. The Bertz CT molecular complexity index is 986. The molecule has 4 rings (SSSR count). The Balaban J connectivity index is 1.55. The normalized spacial score (nSPS) is 25.5. The SMILES string of the molecule is CN(C(=O)CC1(CC(=O)O)CCCC1)[C@H]1CCCC[C@@H](n2cnc3c(N)ncnc32)[C@@H]1O. The van der Waals surface area contributed by atoms with Gasteiger partial charge in [0.25, 0.3) is 0 Å². The van der Waals surface area contributed by atoms with E-state index in [0.29, 0.717) is 23.4 Å². The number of carbonyl (C=O) groups excluding carboxylic acids is 1. The van der Waals surface area contributed by atoms with Crippen LogP contribution in [0.1, 0.15) is 70.3 Å². The van der Waals surface area contributed by atoms with E-state index < -0.39 is 17.5 Å². The van der Waals surface area contributed by atoms with Crippen LogP contribution in [0.5, 0.6) is 0 Å². The summed E-state index contributed by atoms with van der Waals surface area (Å²) in [6, 6.07) is -0.661. The first-order chi connectivity index (χ1) is 15.3. The molecule has 2 saturated carbocycles. The fraction of sp³-hybridized carbons (Fsp3) is 0.682. The molecule has 1 amide bonds. The summed E-state index contributed by atoms with van der Waals surface area (Å²) < 4.78 is 1.84. The van der Waals surface area contributed by atoms with Gasteiger partial charge in [0.05, 0.1) is 30.9 Å². The number of aliphatic hydroxyl groups is 1. The van der Waals surface area contributed by atoms with Crippen LogP contribution in [0, 0.1) is 5.41 Å². The van der Waals surface area contributed by atoms with E-state index in [-0.39, 0.29) is 30.8 Å². The molecule has 174 valence electrons. The Morgan fingerprint density at radius 2 is 1.88 bits per heavy atom. The zero-order chi connectivity index (χ0) is 22.9. The molecule has 2 aliphatic carbocycles. The van der Waals surface area contributed by atoms with Crippen LogP contribution < -0.4 is 5.73 Å². The number of nitrogens with two attached hydrogens (primary N) is 1. The van der Waals surface area contributed by atoms with Crippen molar-refractivity contribution in [3.8, 4) is 0 Å². The zero-order valence-corrected chi connectivity index (χ0v) is 18.5. The van der Waals surface area contributed by atoms with E-state index in [9.17, 15) is 19.8 Å². The number of amides is 1. The highest BCUT2D eigenvalue weighted by Crippen LogP contribution is 2.45. The van der Waals surface area contributed by atoms with Crippen LogP contribution in [0.3, 0.4) is 0 Å².